The van der Waals surface area contributed by atoms with E-state index in [9.17, 15) is 18.8 Å². The van der Waals surface area contributed by atoms with Gasteiger partial charge in [0.15, 0.2) is 0 Å². The summed E-state index contributed by atoms with van der Waals surface area (Å²) in [5, 5.41) is 2.96. The lowest BCUT2D eigenvalue weighted by Gasteiger charge is -2.33. The molecular formula is C24H26FN3O3. The smallest absolute Gasteiger partial charge is 0.242 e. The summed E-state index contributed by atoms with van der Waals surface area (Å²) in [5.41, 5.74) is 2.41. The Morgan fingerprint density at radius 1 is 1.03 bits per heavy atom. The number of carbonyl (C=O) groups is 3. The third-order valence-corrected chi connectivity index (χ3v) is 5.95. The molecule has 0 unspecified atom stereocenters. The molecule has 162 valence electrons. The molecule has 7 heteroatoms. The van der Waals surface area contributed by atoms with E-state index >= 15 is 0 Å². The second-order valence-corrected chi connectivity index (χ2v) is 8.17. The van der Waals surface area contributed by atoms with E-state index in [2.05, 4.69) is 5.32 Å². The first-order valence-electron chi connectivity index (χ1n) is 10.7. The van der Waals surface area contributed by atoms with Crippen molar-refractivity contribution in [1.29, 1.82) is 0 Å². The number of carbonyl (C=O) groups excluding carboxylic acids is 3. The molecule has 1 atom stereocenters. The number of piperidine rings is 1. The van der Waals surface area contributed by atoms with Crippen molar-refractivity contribution in [1.82, 2.24) is 9.80 Å². The molecule has 1 N–H and O–H groups in total. The lowest BCUT2D eigenvalue weighted by Crippen LogP contribution is -2.47. The van der Waals surface area contributed by atoms with Crippen LogP contribution >= 0.6 is 0 Å². The molecule has 0 bridgehead atoms. The van der Waals surface area contributed by atoms with Gasteiger partial charge in [-0.2, -0.15) is 0 Å². The molecular weight excluding hydrogens is 397 g/mol. The molecule has 0 radical (unpaired) electrons. The summed E-state index contributed by atoms with van der Waals surface area (Å²) in [6.07, 6.45) is 2.78. The van der Waals surface area contributed by atoms with Gasteiger partial charge in [-0.05, 0) is 54.7 Å². The summed E-state index contributed by atoms with van der Waals surface area (Å²) >= 11 is 0. The quantitative estimate of drug-likeness (QED) is 0.802. The van der Waals surface area contributed by atoms with E-state index in [1.807, 2.05) is 24.3 Å². The predicted octanol–water partition coefficient (Wildman–Crippen LogP) is 3.29. The average molecular weight is 423 g/mol. The van der Waals surface area contributed by atoms with Crippen LogP contribution in [0.2, 0.25) is 0 Å². The number of amides is 3. The highest BCUT2D eigenvalue weighted by atomic mass is 19.1. The molecule has 0 saturated carbocycles. The molecule has 31 heavy (non-hydrogen) atoms. The third-order valence-electron chi connectivity index (χ3n) is 5.95. The Balaban J connectivity index is 1.37. The van der Waals surface area contributed by atoms with Gasteiger partial charge in [-0.25, -0.2) is 4.39 Å². The second kappa shape index (κ2) is 9.29. The summed E-state index contributed by atoms with van der Waals surface area (Å²) in [4.78, 5) is 40.6. The summed E-state index contributed by atoms with van der Waals surface area (Å²) in [7, 11) is 0. The van der Waals surface area contributed by atoms with Gasteiger partial charge in [-0.3, -0.25) is 14.4 Å². The van der Waals surface area contributed by atoms with Crippen molar-refractivity contribution >= 4 is 23.4 Å². The van der Waals surface area contributed by atoms with Gasteiger partial charge < -0.3 is 15.1 Å². The highest BCUT2D eigenvalue weighted by Gasteiger charge is 2.31. The number of anilines is 1. The number of hydrogen-bond donors (Lipinski definition) is 1. The van der Waals surface area contributed by atoms with Crippen molar-refractivity contribution < 1.29 is 18.8 Å². The molecule has 0 aliphatic carbocycles. The fourth-order valence-electron chi connectivity index (χ4n) is 4.22. The van der Waals surface area contributed by atoms with E-state index < -0.39 is 0 Å². The molecule has 4 rings (SSSR count). The first-order chi connectivity index (χ1) is 15.0. The zero-order chi connectivity index (χ0) is 21.8. The molecule has 2 saturated heterocycles. The maximum Gasteiger partial charge on any atom is 0.242 e. The van der Waals surface area contributed by atoms with Gasteiger partial charge in [-0.1, -0.05) is 24.3 Å². The largest absolute Gasteiger partial charge is 0.340 e. The zero-order valence-electron chi connectivity index (χ0n) is 17.4. The lowest BCUT2D eigenvalue weighted by atomic mass is 9.96. The molecule has 0 aromatic heterocycles. The number of nitrogens with one attached hydrogen (secondary N) is 1. The van der Waals surface area contributed by atoms with Crippen molar-refractivity contribution in [3.8, 4) is 11.1 Å². The van der Waals surface area contributed by atoms with Crippen LogP contribution in [0.1, 0.15) is 25.7 Å². The monoisotopic (exact) mass is 423 g/mol. The number of hydrogen-bond acceptors (Lipinski definition) is 3. The molecule has 2 fully saturated rings. The Morgan fingerprint density at radius 3 is 2.58 bits per heavy atom. The van der Waals surface area contributed by atoms with Crippen LogP contribution in [-0.4, -0.2) is 53.7 Å². The van der Waals surface area contributed by atoms with Crippen molar-refractivity contribution in [3.05, 3.63) is 54.3 Å². The average Bonchev–Trinajstić information content (AvgIpc) is 3.19. The second-order valence-electron chi connectivity index (χ2n) is 8.17. The topological polar surface area (TPSA) is 69.7 Å². The van der Waals surface area contributed by atoms with Gasteiger partial charge in [0.05, 0.1) is 12.5 Å². The van der Waals surface area contributed by atoms with E-state index in [1.54, 1.807) is 21.9 Å². The zero-order valence-corrected chi connectivity index (χ0v) is 17.4. The van der Waals surface area contributed by atoms with E-state index in [-0.39, 0.29) is 36.0 Å². The normalized spacial score (nSPS) is 18.9. The van der Waals surface area contributed by atoms with Crippen molar-refractivity contribution in [2.45, 2.75) is 25.7 Å². The maximum absolute atomic E-state index is 13.2. The molecule has 0 spiro atoms. The number of nitrogens with zero attached hydrogens (tertiary/aromatic N) is 2. The predicted molar refractivity (Wildman–Crippen MR) is 116 cm³/mol. The van der Waals surface area contributed by atoms with Gasteiger partial charge in [0.25, 0.3) is 0 Å². The Kier molecular flexibility index (Phi) is 6.30. The van der Waals surface area contributed by atoms with Crippen LogP contribution in [0, 0.1) is 11.7 Å². The third kappa shape index (κ3) is 5.10. The van der Waals surface area contributed by atoms with Gasteiger partial charge in [0, 0.05) is 31.7 Å². The molecule has 3 amide bonds. The Bertz CT molecular complexity index is 976. The first kappa shape index (κ1) is 21.0. The lowest BCUT2D eigenvalue weighted by molar-refractivity contribution is -0.140. The van der Waals surface area contributed by atoms with Crippen LogP contribution in [0.15, 0.2) is 48.5 Å². The van der Waals surface area contributed by atoms with Crippen LogP contribution < -0.4 is 5.32 Å². The van der Waals surface area contributed by atoms with E-state index in [0.29, 0.717) is 31.7 Å². The highest BCUT2D eigenvalue weighted by molar-refractivity contribution is 5.94. The minimum Gasteiger partial charge on any atom is -0.340 e. The molecule has 2 aromatic carbocycles. The van der Waals surface area contributed by atoms with Gasteiger partial charge >= 0.3 is 0 Å². The van der Waals surface area contributed by atoms with Crippen LogP contribution in [-0.2, 0) is 14.4 Å². The van der Waals surface area contributed by atoms with Crippen LogP contribution in [0.5, 0.6) is 0 Å². The minimum atomic E-state index is -0.293. The molecule has 2 aliphatic heterocycles. The number of rotatable bonds is 5. The summed E-state index contributed by atoms with van der Waals surface area (Å²) < 4.78 is 13.2. The Labute approximate surface area is 181 Å². The van der Waals surface area contributed by atoms with Crippen molar-refractivity contribution in [3.63, 3.8) is 0 Å². The fraction of sp³-hybridized carbons (Fsp3) is 0.375. The Hall–Kier alpha value is -3.22. The van der Waals surface area contributed by atoms with Crippen LogP contribution in [0.3, 0.4) is 0 Å². The Morgan fingerprint density at radius 2 is 1.84 bits per heavy atom. The van der Waals surface area contributed by atoms with E-state index in [4.69, 9.17) is 0 Å². The van der Waals surface area contributed by atoms with Crippen LogP contribution in [0.4, 0.5) is 10.1 Å². The van der Waals surface area contributed by atoms with Crippen molar-refractivity contribution in [2.75, 3.05) is 31.5 Å². The standard InChI is InChI=1S/C24H26FN3O3/c25-20-10-8-17(9-11-20)18-4-1-6-21(14-18)26-24(31)19-5-2-12-27(15-19)23(30)16-28-13-3-7-22(28)29/h1,4,6,8-11,14,19H,2-3,5,7,12-13,15-16H2,(H,26,31)/t19-/m0/s1. The maximum atomic E-state index is 13.2. The SMILES string of the molecule is O=C(Nc1cccc(-c2ccc(F)cc2)c1)[C@H]1CCCN(C(=O)CN2CCCC2=O)C1. The van der Waals surface area contributed by atoms with Crippen molar-refractivity contribution in [2.24, 2.45) is 5.92 Å². The number of benzene rings is 2. The highest BCUT2D eigenvalue weighted by Crippen LogP contribution is 2.24. The van der Waals surface area contributed by atoms with E-state index in [1.165, 1.54) is 12.1 Å². The molecule has 2 aliphatic rings. The van der Waals surface area contributed by atoms with Crippen LogP contribution in [0.25, 0.3) is 11.1 Å². The molecule has 2 heterocycles. The number of halogens is 1. The van der Waals surface area contributed by atoms with E-state index in [0.717, 1.165) is 30.4 Å². The summed E-state index contributed by atoms with van der Waals surface area (Å²) in [5.74, 6) is -0.766. The van der Waals surface area contributed by atoms with Gasteiger partial charge in [-0.15, -0.1) is 0 Å². The molecule has 2 aromatic rings. The summed E-state index contributed by atoms with van der Waals surface area (Å²) in [6.45, 7) is 1.72. The summed E-state index contributed by atoms with van der Waals surface area (Å²) in [6, 6.07) is 13.6. The van der Waals surface area contributed by atoms with Gasteiger partial charge in [0.2, 0.25) is 17.7 Å². The number of likely N-dealkylation sites (tertiary alicyclic amines) is 2. The minimum absolute atomic E-state index is 0.0284. The first-order valence-corrected chi connectivity index (χ1v) is 10.7. The fourth-order valence-corrected chi connectivity index (χ4v) is 4.22. The van der Waals surface area contributed by atoms with Gasteiger partial charge in [0.1, 0.15) is 5.82 Å². The molecule has 6 nitrogen and oxygen atoms in total.